The lowest BCUT2D eigenvalue weighted by molar-refractivity contribution is -0.121. The Labute approximate surface area is 157 Å². The molecular formula is C20H20ClN3O2. The van der Waals surface area contributed by atoms with Gasteiger partial charge in [0.1, 0.15) is 0 Å². The maximum atomic E-state index is 12.2. The lowest BCUT2D eigenvalue weighted by Crippen LogP contribution is -2.26. The quantitative estimate of drug-likeness (QED) is 0.694. The maximum Gasteiger partial charge on any atom is 0.227 e. The predicted molar refractivity (Wildman–Crippen MR) is 101 cm³/mol. The zero-order valence-corrected chi connectivity index (χ0v) is 15.5. The minimum Gasteiger partial charge on any atom is -0.350 e. The number of hydrogen-bond acceptors (Lipinski definition) is 4. The first kappa shape index (κ1) is 18.1. The standard InChI is InChI=1S/C20H20ClN3O2/c1-13-5-3-4-6-17(13)20-23-19(26-24-20)12-11-18(25)22-14(2)15-7-9-16(21)10-8-15/h3-10,14H,11-12H2,1-2H3,(H,22,25). The van der Waals surface area contributed by atoms with Crippen LogP contribution in [0, 0.1) is 6.92 Å². The molecule has 0 aliphatic rings. The summed E-state index contributed by atoms with van der Waals surface area (Å²) in [7, 11) is 0. The van der Waals surface area contributed by atoms with E-state index in [1.807, 2.05) is 62.4 Å². The summed E-state index contributed by atoms with van der Waals surface area (Å²) in [6.07, 6.45) is 0.686. The van der Waals surface area contributed by atoms with Crippen LogP contribution in [0.25, 0.3) is 11.4 Å². The second-order valence-electron chi connectivity index (χ2n) is 6.17. The van der Waals surface area contributed by atoms with Crippen molar-refractivity contribution in [3.05, 3.63) is 70.6 Å². The molecule has 0 bridgehead atoms. The Hall–Kier alpha value is -2.66. The van der Waals surface area contributed by atoms with Crippen molar-refractivity contribution in [1.29, 1.82) is 0 Å². The molecule has 1 N–H and O–H groups in total. The molecule has 1 aromatic heterocycles. The van der Waals surface area contributed by atoms with Crippen LogP contribution in [0.1, 0.15) is 36.4 Å². The first-order valence-electron chi connectivity index (χ1n) is 8.46. The van der Waals surface area contributed by atoms with Crippen molar-refractivity contribution < 1.29 is 9.32 Å². The largest absolute Gasteiger partial charge is 0.350 e. The Bertz CT molecular complexity index is 890. The van der Waals surface area contributed by atoms with E-state index >= 15 is 0 Å². The highest BCUT2D eigenvalue weighted by atomic mass is 35.5. The molecule has 1 amide bonds. The predicted octanol–water partition coefficient (Wildman–Crippen LogP) is 4.51. The number of carbonyl (C=O) groups excluding carboxylic acids is 1. The van der Waals surface area contributed by atoms with Crippen molar-refractivity contribution in [2.45, 2.75) is 32.7 Å². The summed E-state index contributed by atoms with van der Waals surface area (Å²) in [5, 5.41) is 7.65. The Morgan fingerprint density at radius 3 is 2.65 bits per heavy atom. The molecule has 1 unspecified atom stereocenters. The summed E-state index contributed by atoms with van der Waals surface area (Å²) in [5.41, 5.74) is 3.01. The number of halogens is 1. The van der Waals surface area contributed by atoms with Crippen LogP contribution in [0.15, 0.2) is 53.1 Å². The minimum absolute atomic E-state index is 0.0666. The van der Waals surface area contributed by atoms with Crippen LogP contribution in [0.5, 0.6) is 0 Å². The first-order valence-corrected chi connectivity index (χ1v) is 8.84. The number of carbonyl (C=O) groups is 1. The zero-order chi connectivity index (χ0) is 18.5. The van der Waals surface area contributed by atoms with E-state index in [4.69, 9.17) is 16.1 Å². The van der Waals surface area contributed by atoms with E-state index in [0.29, 0.717) is 23.2 Å². The fraction of sp³-hybridized carbons (Fsp3) is 0.250. The van der Waals surface area contributed by atoms with Crippen molar-refractivity contribution in [3.8, 4) is 11.4 Å². The van der Waals surface area contributed by atoms with Gasteiger partial charge in [-0.05, 0) is 37.1 Å². The molecule has 1 atom stereocenters. The number of aryl methyl sites for hydroxylation is 2. The first-order chi connectivity index (χ1) is 12.5. The molecule has 5 nitrogen and oxygen atoms in total. The summed E-state index contributed by atoms with van der Waals surface area (Å²) in [5.74, 6) is 0.939. The minimum atomic E-state index is -0.0926. The fourth-order valence-corrected chi connectivity index (χ4v) is 2.78. The van der Waals surface area contributed by atoms with Gasteiger partial charge in [0.2, 0.25) is 17.6 Å². The highest BCUT2D eigenvalue weighted by Crippen LogP contribution is 2.20. The van der Waals surface area contributed by atoms with E-state index in [0.717, 1.165) is 16.7 Å². The summed E-state index contributed by atoms with van der Waals surface area (Å²) < 4.78 is 5.27. The number of hydrogen-bond donors (Lipinski definition) is 1. The molecule has 0 aliphatic heterocycles. The van der Waals surface area contributed by atoms with Gasteiger partial charge >= 0.3 is 0 Å². The summed E-state index contributed by atoms with van der Waals surface area (Å²) in [4.78, 5) is 16.6. The van der Waals surface area contributed by atoms with Crippen molar-refractivity contribution >= 4 is 17.5 Å². The van der Waals surface area contributed by atoms with Crippen LogP contribution in [-0.4, -0.2) is 16.0 Å². The topological polar surface area (TPSA) is 68.0 Å². The molecule has 134 valence electrons. The van der Waals surface area contributed by atoms with Crippen molar-refractivity contribution in [2.24, 2.45) is 0 Å². The van der Waals surface area contributed by atoms with Gasteiger partial charge in [-0.15, -0.1) is 0 Å². The van der Waals surface area contributed by atoms with Crippen molar-refractivity contribution in [1.82, 2.24) is 15.5 Å². The zero-order valence-electron chi connectivity index (χ0n) is 14.7. The number of nitrogens with one attached hydrogen (secondary N) is 1. The van der Waals surface area contributed by atoms with Gasteiger partial charge in [-0.3, -0.25) is 4.79 Å². The van der Waals surface area contributed by atoms with Gasteiger partial charge in [-0.25, -0.2) is 0 Å². The van der Waals surface area contributed by atoms with Gasteiger partial charge in [0, 0.05) is 23.4 Å². The third-order valence-electron chi connectivity index (χ3n) is 4.17. The smallest absolute Gasteiger partial charge is 0.227 e. The number of aromatic nitrogens is 2. The third-order valence-corrected chi connectivity index (χ3v) is 4.42. The van der Waals surface area contributed by atoms with Gasteiger partial charge in [0.25, 0.3) is 0 Å². The van der Waals surface area contributed by atoms with Gasteiger partial charge in [0.05, 0.1) is 6.04 Å². The Kier molecular flexibility index (Phi) is 5.68. The lowest BCUT2D eigenvalue weighted by Gasteiger charge is -2.14. The van der Waals surface area contributed by atoms with E-state index in [1.54, 1.807) is 0 Å². The second-order valence-corrected chi connectivity index (χ2v) is 6.60. The van der Waals surface area contributed by atoms with E-state index in [-0.39, 0.29) is 18.4 Å². The molecule has 1 heterocycles. The SMILES string of the molecule is Cc1ccccc1-c1noc(CCC(=O)NC(C)c2ccc(Cl)cc2)n1. The number of rotatable bonds is 6. The van der Waals surface area contributed by atoms with Crippen LogP contribution in [0.2, 0.25) is 5.02 Å². The summed E-state index contributed by atoms with van der Waals surface area (Å²) in [6.45, 7) is 3.93. The molecule has 0 fully saturated rings. The molecule has 0 spiro atoms. The Morgan fingerprint density at radius 1 is 1.19 bits per heavy atom. The van der Waals surface area contributed by atoms with E-state index in [2.05, 4.69) is 15.5 Å². The second kappa shape index (κ2) is 8.15. The van der Waals surface area contributed by atoms with E-state index in [9.17, 15) is 4.79 Å². The normalized spacial score (nSPS) is 12.0. The molecule has 3 aromatic rings. The Morgan fingerprint density at radius 2 is 1.92 bits per heavy atom. The molecule has 0 saturated carbocycles. The molecule has 0 saturated heterocycles. The average molecular weight is 370 g/mol. The lowest BCUT2D eigenvalue weighted by atomic mass is 10.1. The van der Waals surface area contributed by atoms with Crippen LogP contribution < -0.4 is 5.32 Å². The van der Waals surface area contributed by atoms with Crippen molar-refractivity contribution in [2.75, 3.05) is 0 Å². The summed E-state index contributed by atoms with van der Waals surface area (Å²) in [6, 6.07) is 15.2. The van der Waals surface area contributed by atoms with Gasteiger partial charge in [-0.1, -0.05) is 53.2 Å². The molecule has 2 aromatic carbocycles. The summed E-state index contributed by atoms with van der Waals surface area (Å²) >= 11 is 5.88. The Balaban J connectivity index is 1.55. The third kappa shape index (κ3) is 4.49. The van der Waals surface area contributed by atoms with Gasteiger partial charge in [0.15, 0.2) is 0 Å². The van der Waals surface area contributed by atoms with Crippen molar-refractivity contribution in [3.63, 3.8) is 0 Å². The van der Waals surface area contributed by atoms with Crippen LogP contribution >= 0.6 is 11.6 Å². The van der Waals surface area contributed by atoms with E-state index in [1.165, 1.54) is 0 Å². The molecular weight excluding hydrogens is 350 g/mol. The fourth-order valence-electron chi connectivity index (χ4n) is 2.66. The highest BCUT2D eigenvalue weighted by molar-refractivity contribution is 6.30. The molecule has 0 aliphatic carbocycles. The highest BCUT2D eigenvalue weighted by Gasteiger charge is 2.14. The monoisotopic (exact) mass is 369 g/mol. The van der Waals surface area contributed by atoms with Gasteiger partial charge < -0.3 is 9.84 Å². The number of benzene rings is 2. The molecule has 6 heteroatoms. The van der Waals surface area contributed by atoms with Gasteiger partial charge in [-0.2, -0.15) is 4.98 Å². The molecule has 26 heavy (non-hydrogen) atoms. The van der Waals surface area contributed by atoms with E-state index < -0.39 is 0 Å². The molecule has 0 radical (unpaired) electrons. The number of amides is 1. The molecule has 3 rings (SSSR count). The maximum absolute atomic E-state index is 12.2. The number of nitrogens with zero attached hydrogens (tertiary/aromatic N) is 2. The van der Waals surface area contributed by atoms with Crippen LogP contribution in [-0.2, 0) is 11.2 Å². The average Bonchev–Trinajstić information content (AvgIpc) is 3.09. The van der Waals surface area contributed by atoms with Crippen LogP contribution in [0.3, 0.4) is 0 Å². The van der Waals surface area contributed by atoms with Crippen LogP contribution in [0.4, 0.5) is 0 Å².